The van der Waals surface area contributed by atoms with Gasteiger partial charge in [0.25, 0.3) is 0 Å². The molecular weight excluding hydrogens is 296 g/mol. The van der Waals surface area contributed by atoms with Crippen molar-refractivity contribution in [2.24, 2.45) is 0 Å². The summed E-state index contributed by atoms with van der Waals surface area (Å²) >= 11 is 6.01. The van der Waals surface area contributed by atoms with Crippen molar-refractivity contribution in [3.8, 4) is 5.75 Å². The normalized spacial score (nSPS) is 12.3. The van der Waals surface area contributed by atoms with E-state index in [-0.39, 0.29) is 11.1 Å². The van der Waals surface area contributed by atoms with E-state index in [4.69, 9.17) is 16.3 Å². The maximum absolute atomic E-state index is 14.2. The van der Waals surface area contributed by atoms with Crippen molar-refractivity contribution < 1.29 is 13.5 Å². The van der Waals surface area contributed by atoms with Crippen LogP contribution in [-0.2, 0) is 0 Å². The molecule has 0 saturated carbocycles. The molecule has 5 heteroatoms. The molecule has 2 aromatic carbocycles. The largest absolute Gasteiger partial charge is 0.496 e. The van der Waals surface area contributed by atoms with Gasteiger partial charge >= 0.3 is 0 Å². The topological polar surface area (TPSA) is 21.3 Å². The van der Waals surface area contributed by atoms with Gasteiger partial charge in [0.1, 0.15) is 5.75 Å². The number of hydrogen-bond donors (Lipinski definition) is 1. The molecule has 0 aromatic heterocycles. The van der Waals surface area contributed by atoms with E-state index in [9.17, 15) is 8.78 Å². The number of ether oxygens (including phenoxy) is 1. The fourth-order valence-electron chi connectivity index (χ4n) is 2.29. The highest BCUT2D eigenvalue weighted by Crippen LogP contribution is 2.34. The van der Waals surface area contributed by atoms with Gasteiger partial charge in [-0.05, 0) is 37.7 Å². The number of aryl methyl sites for hydroxylation is 1. The highest BCUT2D eigenvalue weighted by Gasteiger charge is 2.22. The van der Waals surface area contributed by atoms with Gasteiger partial charge in [-0.1, -0.05) is 23.7 Å². The summed E-state index contributed by atoms with van der Waals surface area (Å²) < 4.78 is 33.3. The van der Waals surface area contributed by atoms with Gasteiger partial charge in [0, 0.05) is 16.1 Å². The molecule has 1 N–H and O–H groups in total. The van der Waals surface area contributed by atoms with Crippen LogP contribution in [0.3, 0.4) is 0 Å². The third-order valence-corrected chi connectivity index (χ3v) is 3.64. The predicted octanol–water partition coefficient (Wildman–Crippen LogP) is 4.24. The van der Waals surface area contributed by atoms with Crippen molar-refractivity contribution in [2.45, 2.75) is 13.0 Å². The standard InChI is InChI=1S/C16H16ClF2NO/c1-9-4-6-11(15(19)14(9)18)16(20-2)12-8-10(17)5-7-13(12)21-3/h4-8,16,20H,1-3H3. The molecule has 2 aromatic rings. The number of halogens is 3. The first-order valence-electron chi connectivity index (χ1n) is 6.44. The van der Waals surface area contributed by atoms with E-state index in [1.54, 1.807) is 37.4 Å². The monoisotopic (exact) mass is 311 g/mol. The van der Waals surface area contributed by atoms with Gasteiger partial charge in [0.2, 0.25) is 0 Å². The number of hydrogen-bond acceptors (Lipinski definition) is 2. The molecule has 0 amide bonds. The average Bonchev–Trinajstić information content (AvgIpc) is 2.48. The molecule has 2 nitrogen and oxygen atoms in total. The lowest BCUT2D eigenvalue weighted by Crippen LogP contribution is -2.20. The van der Waals surface area contributed by atoms with E-state index < -0.39 is 17.7 Å². The van der Waals surface area contributed by atoms with Crippen LogP contribution in [0.2, 0.25) is 5.02 Å². The second kappa shape index (κ2) is 6.41. The van der Waals surface area contributed by atoms with Gasteiger partial charge in [0.15, 0.2) is 11.6 Å². The van der Waals surface area contributed by atoms with Crippen molar-refractivity contribution >= 4 is 11.6 Å². The second-order valence-electron chi connectivity index (χ2n) is 4.71. The molecule has 1 unspecified atom stereocenters. The molecule has 0 radical (unpaired) electrons. The van der Waals surface area contributed by atoms with Crippen molar-refractivity contribution in [2.75, 3.05) is 14.2 Å². The van der Waals surface area contributed by atoms with E-state index in [2.05, 4.69) is 5.32 Å². The fraction of sp³-hybridized carbons (Fsp3) is 0.250. The Morgan fingerprint density at radius 3 is 2.43 bits per heavy atom. The molecule has 1 atom stereocenters. The van der Waals surface area contributed by atoms with Crippen LogP contribution in [0.1, 0.15) is 22.7 Å². The summed E-state index contributed by atoms with van der Waals surface area (Å²) in [6, 6.07) is 7.62. The second-order valence-corrected chi connectivity index (χ2v) is 5.14. The maximum atomic E-state index is 14.2. The van der Waals surface area contributed by atoms with Gasteiger partial charge < -0.3 is 10.1 Å². The van der Waals surface area contributed by atoms with Crippen LogP contribution in [0.25, 0.3) is 0 Å². The molecule has 0 spiro atoms. The Bertz CT molecular complexity index is 661. The van der Waals surface area contributed by atoms with Gasteiger partial charge in [-0.15, -0.1) is 0 Å². The first kappa shape index (κ1) is 15.7. The lowest BCUT2D eigenvalue weighted by molar-refractivity contribution is 0.403. The SMILES string of the molecule is CNC(c1cc(Cl)ccc1OC)c1ccc(C)c(F)c1F. The molecule has 0 aliphatic rings. The van der Waals surface area contributed by atoms with Crippen LogP contribution in [0.15, 0.2) is 30.3 Å². The average molecular weight is 312 g/mol. The quantitative estimate of drug-likeness (QED) is 0.911. The van der Waals surface area contributed by atoms with Crippen LogP contribution in [0.5, 0.6) is 5.75 Å². The summed E-state index contributed by atoms with van der Waals surface area (Å²) in [5, 5.41) is 3.48. The van der Waals surface area contributed by atoms with Crippen LogP contribution in [0.4, 0.5) is 8.78 Å². The molecule has 0 saturated heterocycles. The first-order chi connectivity index (χ1) is 9.99. The summed E-state index contributed by atoms with van der Waals surface area (Å²) in [6.45, 7) is 1.52. The van der Waals surface area contributed by atoms with E-state index in [1.165, 1.54) is 14.0 Å². The minimum Gasteiger partial charge on any atom is -0.496 e. The first-order valence-corrected chi connectivity index (χ1v) is 6.82. The van der Waals surface area contributed by atoms with Crippen LogP contribution < -0.4 is 10.1 Å². The highest BCUT2D eigenvalue weighted by molar-refractivity contribution is 6.30. The third kappa shape index (κ3) is 3.01. The lowest BCUT2D eigenvalue weighted by Gasteiger charge is -2.21. The van der Waals surface area contributed by atoms with E-state index in [0.29, 0.717) is 16.3 Å². The van der Waals surface area contributed by atoms with Crippen LogP contribution in [-0.4, -0.2) is 14.2 Å². The Morgan fingerprint density at radius 2 is 1.81 bits per heavy atom. The molecule has 0 aliphatic carbocycles. The Morgan fingerprint density at radius 1 is 1.10 bits per heavy atom. The Balaban J connectivity index is 2.60. The van der Waals surface area contributed by atoms with E-state index in [0.717, 1.165) is 0 Å². The minimum atomic E-state index is -0.864. The Kier molecular flexibility index (Phi) is 4.80. The molecule has 0 heterocycles. The maximum Gasteiger partial charge on any atom is 0.164 e. The zero-order valence-corrected chi connectivity index (χ0v) is 12.8. The number of rotatable bonds is 4. The molecule has 0 bridgehead atoms. The van der Waals surface area contributed by atoms with Crippen LogP contribution >= 0.6 is 11.6 Å². The summed E-state index contributed by atoms with van der Waals surface area (Å²) in [5.41, 5.74) is 1.12. The Labute approximate surface area is 127 Å². The summed E-state index contributed by atoms with van der Waals surface area (Å²) in [7, 11) is 3.19. The van der Waals surface area contributed by atoms with Crippen molar-refractivity contribution in [1.82, 2.24) is 5.32 Å². The van der Waals surface area contributed by atoms with Crippen molar-refractivity contribution in [3.63, 3.8) is 0 Å². The zero-order chi connectivity index (χ0) is 15.6. The minimum absolute atomic E-state index is 0.209. The molecule has 2 rings (SSSR count). The smallest absolute Gasteiger partial charge is 0.164 e. The van der Waals surface area contributed by atoms with Gasteiger partial charge in [0.05, 0.1) is 13.2 Å². The fourth-order valence-corrected chi connectivity index (χ4v) is 2.47. The van der Waals surface area contributed by atoms with E-state index >= 15 is 0 Å². The summed E-state index contributed by atoms with van der Waals surface area (Å²) in [5.74, 6) is -1.15. The zero-order valence-electron chi connectivity index (χ0n) is 12.0. The predicted molar refractivity (Wildman–Crippen MR) is 80.0 cm³/mol. The molecule has 0 aliphatic heterocycles. The molecule has 112 valence electrons. The number of nitrogens with one attached hydrogen (secondary N) is 1. The van der Waals surface area contributed by atoms with Gasteiger partial charge in [-0.2, -0.15) is 0 Å². The van der Waals surface area contributed by atoms with Gasteiger partial charge in [-0.25, -0.2) is 8.78 Å². The Hall–Kier alpha value is -1.65. The number of methoxy groups -OCH3 is 1. The third-order valence-electron chi connectivity index (χ3n) is 3.41. The van der Waals surface area contributed by atoms with Crippen LogP contribution in [0, 0.1) is 18.6 Å². The molecule has 0 fully saturated rings. The highest BCUT2D eigenvalue weighted by atomic mass is 35.5. The van der Waals surface area contributed by atoms with E-state index in [1.807, 2.05) is 0 Å². The lowest BCUT2D eigenvalue weighted by atomic mass is 9.96. The molecular formula is C16H16ClF2NO. The van der Waals surface area contributed by atoms with Crippen molar-refractivity contribution in [1.29, 1.82) is 0 Å². The van der Waals surface area contributed by atoms with Gasteiger partial charge in [-0.3, -0.25) is 0 Å². The summed E-state index contributed by atoms with van der Waals surface area (Å²) in [4.78, 5) is 0. The molecule has 21 heavy (non-hydrogen) atoms. The summed E-state index contributed by atoms with van der Waals surface area (Å²) in [6.07, 6.45) is 0. The number of benzene rings is 2. The van der Waals surface area contributed by atoms with Crippen molar-refractivity contribution in [3.05, 3.63) is 63.7 Å².